The van der Waals surface area contributed by atoms with Gasteiger partial charge in [0, 0.05) is 0 Å². The van der Waals surface area contributed by atoms with Crippen LogP contribution >= 0.6 is 11.6 Å². The van der Waals surface area contributed by atoms with E-state index in [-0.39, 0.29) is 16.3 Å². The molecule has 0 fully saturated rings. The van der Waals surface area contributed by atoms with E-state index in [4.69, 9.17) is 11.6 Å². The number of benzene rings is 2. The van der Waals surface area contributed by atoms with E-state index in [1.807, 2.05) is 0 Å². The molecule has 2 aromatic carbocycles. The molecule has 0 amide bonds. The average molecular weight is 362 g/mol. The van der Waals surface area contributed by atoms with Crippen molar-refractivity contribution in [3.8, 4) is 0 Å². The first-order valence-corrected chi connectivity index (χ1v) is 7.96. The Balaban J connectivity index is 2.42. The lowest BCUT2D eigenvalue weighted by Crippen LogP contribution is -2.16. The Labute approximate surface area is 135 Å². The van der Waals surface area contributed by atoms with Crippen molar-refractivity contribution in [2.45, 2.75) is 4.90 Å². The van der Waals surface area contributed by atoms with Gasteiger partial charge in [-0.15, -0.1) is 0 Å². The molecule has 0 spiro atoms. The van der Waals surface area contributed by atoms with E-state index in [0.29, 0.717) is 0 Å². The number of hydrogen-bond acceptors (Lipinski definition) is 4. The Morgan fingerprint density at radius 2 is 1.78 bits per heavy atom. The van der Waals surface area contributed by atoms with Crippen LogP contribution in [0.25, 0.3) is 0 Å². The van der Waals surface area contributed by atoms with Crippen LogP contribution in [0.1, 0.15) is 10.4 Å². The third-order valence-electron chi connectivity index (χ3n) is 2.81. The fourth-order valence-corrected chi connectivity index (χ4v) is 3.06. The van der Waals surface area contributed by atoms with E-state index >= 15 is 0 Å². The van der Waals surface area contributed by atoms with Gasteiger partial charge in [-0.1, -0.05) is 11.6 Å². The minimum atomic E-state index is -4.35. The van der Waals surface area contributed by atoms with Gasteiger partial charge in [-0.05, 0) is 36.4 Å². The van der Waals surface area contributed by atoms with Crippen LogP contribution in [-0.2, 0) is 14.8 Å². The van der Waals surface area contributed by atoms with Crippen molar-refractivity contribution in [1.82, 2.24) is 0 Å². The molecule has 5 nitrogen and oxygen atoms in total. The molecule has 0 unspecified atom stereocenters. The van der Waals surface area contributed by atoms with Crippen molar-refractivity contribution in [3.63, 3.8) is 0 Å². The summed E-state index contributed by atoms with van der Waals surface area (Å²) in [6.45, 7) is 0. The molecule has 0 aliphatic carbocycles. The maximum atomic E-state index is 13.8. The minimum absolute atomic E-state index is 0.0562. The quantitative estimate of drug-likeness (QED) is 0.849. The lowest BCUT2D eigenvalue weighted by Gasteiger charge is -2.10. The third kappa shape index (κ3) is 3.77. The molecule has 0 atom stereocenters. The van der Waals surface area contributed by atoms with Crippen molar-refractivity contribution >= 4 is 33.3 Å². The van der Waals surface area contributed by atoms with Gasteiger partial charge < -0.3 is 4.74 Å². The summed E-state index contributed by atoms with van der Waals surface area (Å²) in [4.78, 5) is 10.7. The number of carbonyl (C=O) groups excluding carboxylic acids is 1. The largest absolute Gasteiger partial charge is 0.465 e. The van der Waals surface area contributed by atoms with E-state index in [1.54, 1.807) is 0 Å². The molecule has 2 rings (SSSR count). The summed E-state index contributed by atoms with van der Waals surface area (Å²) in [5.41, 5.74) is -0.189. The zero-order chi connectivity index (χ0) is 17.2. The van der Waals surface area contributed by atoms with Gasteiger partial charge >= 0.3 is 5.97 Å². The molecule has 0 radical (unpaired) electrons. The monoisotopic (exact) mass is 361 g/mol. The van der Waals surface area contributed by atoms with Gasteiger partial charge in [-0.25, -0.2) is 22.0 Å². The number of methoxy groups -OCH3 is 1. The molecule has 1 N–H and O–H groups in total. The van der Waals surface area contributed by atoms with Crippen LogP contribution in [0.2, 0.25) is 5.02 Å². The summed E-state index contributed by atoms with van der Waals surface area (Å²) in [6, 6.07) is 5.89. The molecule has 122 valence electrons. The maximum absolute atomic E-state index is 13.8. The summed E-state index contributed by atoms with van der Waals surface area (Å²) < 4.78 is 57.9. The summed E-state index contributed by atoms with van der Waals surface area (Å²) >= 11 is 5.56. The number of carbonyl (C=O) groups is 1. The zero-order valence-corrected chi connectivity index (χ0v) is 13.2. The second kappa shape index (κ2) is 6.51. The fraction of sp³-hybridized carbons (Fsp3) is 0.0714. The molecule has 0 aliphatic heterocycles. The maximum Gasteiger partial charge on any atom is 0.337 e. The van der Waals surface area contributed by atoms with Crippen LogP contribution < -0.4 is 4.72 Å². The SMILES string of the molecule is COC(=O)c1ccc(F)c(S(=O)(=O)Nc2ccc(F)c(Cl)c2)c1. The first kappa shape index (κ1) is 17.2. The first-order chi connectivity index (χ1) is 10.7. The lowest BCUT2D eigenvalue weighted by molar-refractivity contribution is 0.0600. The van der Waals surface area contributed by atoms with Crippen LogP contribution in [0, 0.1) is 11.6 Å². The van der Waals surface area contributed by atoms with E-state index in [9.17, 15) is 22.0 Å². The normalized spacial score (nSPS) is 11.1. The molecule has 0 saturated carbocycles. The highest BCUT2D eigenvalue weighted by Gasteiger charge is 2.22. The fourth-order valence-electron chi connectivity index (χ4n) is 1.72. The Hall–Kier alpha value is -2.19. The zero-order valence-electron chi connectivity index (χ0n) is 11.6. The predicted octanol–water partition coefficient (Wildman–Crippen LogP) is 3.21. The highest BCUT2D eigenvalue weighted by atomic mass is 35.5. The number of rotatable bonds is 4. The molecular weight excluding hydrogens is 352 g/mol. The molecule has 0 aliphatic rings. The molecular formula is C14H10ClF2NO4S. The van der Waals surface area contributed by atoms with Gasteiger partial charge in [0.2, 0.25) is 0 Å². The van der Waals surface area contributed by atoms with Gasteiger partial charge in [0.15, 0.2) is 0 Å². The van der Waals surface area contributed by atoms with Crippen molar-refractivity contribution < 1.29 is 26.7 Å². The van der Waals surface area contributed by atoms with Crippen molar-refractivity contribution in [2.75, 3.05) is 11.8 Å². The molecule has 0 bridgehead atoms. The lowest BCUT2D eigenvalue weighted by atomic mass is 10.2. The summed E-state index contributed by atoms with van der Waals surface area (Å²) in [6.07, 6.45) is 0. The third-order valence-corrected chi connectivity index (χ3v) is 4.50. The molecule has 0 heterocycles. The highest BCUT2D eigenvalue weighted by molar-refractivity contribution is 7.92. The summed E-state index contributed by atoms with van der Waals surface area (Å²) in [5.74, 6) is -2.60. The van der Waals surface area contributed by atoms with Gasteiger partial charge in [0.25, 0.3) is 10.0 Å². The Morgan fingerprint density at radius 1 is 1.13 bits per heavy atom. The van der Waals surface area contributed by atoms with Gasteiger partial charge in [0.1, 0.15) is 16.5 Å². The summed E-state index contributed by atoms with van der Waals surface area (Å²) in [5, 5.41) is -0.297. The van der Waals surface area contributed by atoms with Crippen LogP contribution in [0.15, 0.2) is 41.3 Å². The Kier molecular flexibility index (Phi) is 4.86. The number of ether oxygens (including phenoxy) is 1. The number of halogens is 3. The number of hydrogen-bond donors (Lipinski definition) is 1. The number of nitrogens with one attached hydrogen (secondary N) is 1. The molecule has 23 heavy (non-hydrogen) atoms. The van der Waals surface area contributed by atoms with E-state index < -0.39 is 32.5 Å². The minimum Gasteiger partial charge on any atom is -0.465 e. The second-order valence-electron chi connectivity index (χ2n) is 4.37. The molecule has 0 saturated heterocycles. The van der Waals surface area contributed by atoms with E-state index in [0.717, 1.165) is 43.5 Å². The Morgan fingerprint density at radius 3 is 2.39 bits per heavy atom. The molecule has 9 heteroatoms. The average Bonchev–Trinajstić information content (AvgIpc) is 2.50. The predicted molar refractivity (Wildman–Crippen MR) is 80.0 cm³/mol. The number of anilines is 1. The second-order valence-corrected chi connectivity index (χ2v) is 6.43. The standard InChI is InChI=1S/C14H10ClF2NO4S/c1-22-14(19)8-2-4-12(17)13(6-8)23(20,21)18-9-3-5-11(16)10(15)7-9/h2-7,18H,1H3. The van der Waals surface area contributed by atoms with Crippen LogP contribution in [-0.4, -0.2) is 21.5 Å². The Bertz CT molecular complexity index is 871. The van der Waals surface area contributed by atoms with Gasteiger partial charge in [0.05, 0.1) is 23.4 Å². The highest BCUT2D eigenvalue weighted by Crippen LogP contribution is 2.24. The molecule has 2 aromatic rings. The van der Waals surface area contributed by atoms with E-state index in [1.165, 1.54) is 0 Å². The van der Waals surface area contributed by atoms with Gasteiger partial charge in [-0.3, -0.25) is 4.72 Å². The first-order valence-electron chi connectivity index (χ1n) is 6.10. The van der Waals surface area contributed by atoms with Crippen LogP contribution in [0.3, 0.4) is 0 Å². The van der Waals surface area contributed by atoms with Crippen molar-refractivity contribution in [1.29, 1.82) is 0 Å². The van der Waals surface area contributed by atoms with Crippen molar-refractivity contribution in [2.24, 2.45) is 0 Å². The topological polar surface area (TPSA) is 72.5 Å². The van der Waals surface area contributed by atoms with Crippen LogP contribution in [0.4, 0.5) is 14.5 Å². The summed E-state index contributed by atoms with van der Waals surface area (Å²) in [7, 11) is -3.24. The number of sulfonamides is 1. The van der Waals surface area contributed by atoms with Crippen LogP contribution in [0.5, 0.6) is 0 Å². The smallest absolute Gasteiger partial charge is 0.337 e. The van der Waals surface area contributed by atoms with E-state index in [2.05, 4.69) is 9.46 Å². The van der Waals surface area contributed by atoms with Crippen molar-refractivity contribution in [3.05, 3.63) is 58.6 Å². The van der Waals surface area contributed by atoms with Gasteiger partial charge in [-0.2, -0.15) is 0 Å². The molecule has 0 aromatic heterocycles. The number of esters is 1.